The first-order valence-electron chi connectivity index (χ1n) is 8.97. The summed E-state index contributed by atoms with van der Waals surface area (Å²) in [6.07, 6.45) is 5.58. The molecule has 1 aliphatic heterocycles. The topological polar surface area (TPSA) is 48.4 Å². The molecule has 1 saturated carbocycles. The van der Waals surface area contributed by atoms with Crippen LogP contribution in [0.5, 0.6) is 0 Å². The number of anilines is 2. The van der Waals surface area contributed by atoms with E-state index in [1.165, 1.54) is 25.7 Å². The van der Waals surface area contributed by atoms with E-state index in [2.05, 4.69) is 33.6 Å². The number of aromatic nitrogens is 3. The Balaban J connectivity index is 1.71. The number of rotatable bonds is 4. The summed E-state index contributed by atoms with van der Waals surface area (Å²) in [5.74, 6) is 2.81. The fourth-order valence-electron chi connectivity index (χ4n) is 3.53. The molecule has 0 amide bonds. The fourth-order valence-corrected chi connectivity index (χ4v) is 3.53. The standard InChI is InChI=1S/C17H30N6/c1-13(2)15-18-16(21(3)4)20-17(19-15)23-11-9-22(10-12-23)14-7-5-6-8-14/h13-14H,5-12H2,1-4H3. The third kappa shape index (κ3) is 3.74. The SMILES string of the molecule is CC(C)c1nc(N(C)C)nc(N2CCN(C3CCCC3)CC2)n1. The van der Waals surface area contributed by atoms with E-state index in [1.54, 1.807) is 0 Å². The highest BCUT2D eigenvalue weighted by atomic mass is 15.4. The van der Waals surface area contributed by atoms with Gasteiger partial charge in [0.05, 0.1) is 0 Å². The lowest BCUT2D eigenvalue weighted by Crippen LogP contribution is -2.50. The molecule has 1 aromatic rings. The summed E-state index contributed by atoms with van der Waals surface area (Å²) in [7, 11) is 3.97. The van der Waals surface area contributed by atoms with Crippen LogP contribution in [0.15, 0.2) is 0 Å². The van der Waals surface area contributed by atoms with Crippen molar-refractivity contribution in [2.24, 2.45) is 0 Å². The van der Waals surface area contributed by atoms with Crippen molar-refractivity contribution in [2.75, 3.05) is 50.1 Å². The minimum absolute atomic E-state index is 0.315. The normalized spacial score (nSPS) is 20.5. The maximum Gasteiger partial charge on any atom is 0.230 e. The van der Waals surface area contributed by atoms with Crippen molar-refractivity contribution in [3.63, 3.8) is 0 Å². The van der Waals surface area contributed by atoms with Crippen LogP contribution in [-0.2, 0) is 0 Å². The molecular formula is C17H30N6. The van der Waals surface area contributed by atoms with Gasteiger partial charge in [-0.25, -0.2) is 0 Å². The van der Waals surface area contributed by atoms with Crippen LogP contribution in [-0.4, -0.2) is 66.2 Å². The predicted octanol–water partition coefficient (Wildman–Crippen LogP) is 2.13. The van der Waals surface area contributed by atoms with Gasteiger partial charge in [-0.1, -0.05) is 26.7 Å². The molecule has 1 aliphatic carbocycles. The molecule has 6 nitrogen and oxygen atoms in total. The molecule has 1 saturated heterocycles. The summed E-state index contributed by atoms with van der Waals surface area (Å²) < 4.78 is 0. The molecule has 23 heavy (non-hydrogen) atoms. The van der Waals surface area contributed by atoms with Gasteiger partial charge in [0.15, 0.2) is 0 Å². The largest absolute Gasteiger partial charge is 0.347 e. The second kappa shape index (κ2) is 6.99. The van der Waals surface area contributed by atoms with Crippen molar-refractivity contribution in [3.8, 4) is 0 Å². The Morgan fingerprint density at radius 1 is 0.957 bits per heavy atom. The van der Waals surface area contributed by atoms with Crippen LogP contribution in [0.2, 0.25) is 0 Å². The molecule has 6 heteroatoms. The molecular weight excluding hydrogens is 288 g/mol. The van der Waals surface area contributed by atoms with E-state index in [0.29, 0.717) is 5.92 Å². The molecule has 2 heterocycles. The molecule has 0 aromatic carbocycles. The Morgan fingerprint density at radius 2 is 1.61 bits per heavy atom. The number of piperazine rings is 1. The molecule has 0 atom stereocenters. The van der Waals surface area contributed by atoms with Crippen LogP contribution < -0.4 is 9.80 Å². The highest BCUT2D eigenvalue weighted by molar-refractivity contribution is 5.39. The Bertz CT molecular complexity index is 490. The van der Waals surface area contributed by atoms with Crippen molar-refractivity contribution in [1.82, 2.24) is 19.9 Å². The molecule has 0 unspecified atom stereocenters. The summed E-state index contributed by atoms with van der Waals surface area (Å²) in [5, 5.41) is 0. The van der Waals surface area contributed by atoms with E-state index in [0.717, 1.165) is 49.9 Å². The van der Waals surface area contributed by atoms with Crippen molar-refractivity contribution < 1.29 is 0 Å². The summed E-state index contributed by atoms with van der Waals surface area (Å²) in [6.45, 7) is 8.57. The number of hydrogen-bond donors (Lipinski definition) is 0. The second-order valence-electron chi connectivity index (χ2n) is 7.30. The lowest BCUT2D eigenvalue weighted by molar-refractivity contribution is 0.187. The van der Waals surface area contributed by atoms with Gasteiger partial charge in [0.2, 0.25) is 11.9 Å². The third-order valence-corrected chi connectivity index (χ3v) is 4.98. The van der Waals surface area contributed by atoms with Crippen LogP contribution in [0.1, 0.15) is 51.3 Å². The molecule has 0 radical (unpaired) electrons. The van der Waals surface area contributed by atoms with Gasteiger partial charge in [0.1, 0.15) is 5.82 Å². The smallest absolute Gasteiger partial charge is 0.230 e. The molecule has 2 aliphatic rings. The summed E-state index contributed by atoms with van der Waals surface area (Å²) in [6, 6.07) is 0.819. The zero-order valence-electron chi connectivity index (χ0n) is 15.0. The van der Waals surface area contributed by atoms with Crippen LogP contribution in [0.25, 0.3) is 0 Å². The molecule has 0 N–H and O–H groups in total. The van der Waals surface area contributed by atoms with Crippen LogP contribution >= 0.6 is 0 Å². The Kier molecular flexibility index (Phi) is 4.99. The second-order valence-corrected chi connectivity index (χ2v) is 7.30. The van der Waals surface area contributed by atoms with Gasteiger partial charge in [-0.2, -0.15) is 15.0 Å². The first-order chi connectivity index (χ1) is 11.0. The molecule has 1 aromatic heterocycles. The van der Waals surface area contributed by atoms with E-state index in [-0.39, 0.29) is 0 Å². The molecule has 0 bridgehead atoms. The average Bonchev–Trinajstić information content (AvgIpc) is 3.09. The van der Waals surface area contributed by atoms with Gasteiger partial charge < -0.3 is 9.80 Å². The van der Waals surface area contributed by atoms with E-state index >= 15 is 0 Å². The molecule has 3 rings (SSSR count). The number of nitrogens with zero attached hydrogens (tertiary/aromatic N) is 6. The fraction of sp³-hybridized carbons (Fsp3) is 0.824. The minimum atomic E-state index is 0.315. The average molecular weight is 318 g/mol. The van der Waals surface area contributed by atoms with Crippen molar-refractivity contribution in [3.05, 3.63) is 5.82 Å². The summed E-state index contributed by atoms with van der Waals surface area (Å²) in [5.41, 5.74) is 0. The van der Waals surface area contributed by atoms with E-state index in [9.17, 15) is 0 Å². The van der Waals surface area contributed by atoms with Gasteiger partial charge in [0.25, 0.3) is 0 Å². The number of hydrogen-bond acceptors (Lipinski definition) is 6. The Hall–Kier alpha value is -1.43. The quantitative estimate of drug-likeness (QED) is 0.847. The zero-order chi connectivity index (χ0) is 16.4. The molecule has 2 fully saturated rings. The van der Waals surface area contributed by atoms with Gasteiger partial charge in [0, 0.05) is 52.2 Å². The van der Waals surface area contributed by atoms with Crippen LogP contribution in [0.4, 0.5) is 11.9 Å². The predicted molar refractivity (Wildman–Crippen MR) is 94.3 cm³/mol. The van der Waals surface area contributed by atoms with Gasteiger partial charge in [-0.3, -0.25) is 4.90 Å². The van der Waals surface area contributed by atoms with Crippen LogP contribution in [0.3, 0.4) is 0 Å². The van der Waals surface area contributed by atoms with Gasteiger partial charge in [-0.05, 0) is 12.8 Å². The lowest BCUT2D eigenvalue weighted by Gasteiger charge is -2.38. The Morgan fingerprint density at radius 3 is 2.17 bits per heavy atom. The third-order valence-electron chi connectivity index (χ3n) is 4.98. The monoisotopic (exact) mass is 318 g/mol. The highest BCUT2D eigenvalue weighted by Gasteiger charge is 2.27. The molecule has 0 spiro atoms. The maximum atomic E-state index is 4.72. The lowest BCUT2D eigenvalue weighted by atomic mass is 10.2. The Labute approximate surface area is 139 Å². The highest BCUT2D eigenvalue weighted by Crippen LogP contribution is 2.25. The first kappa shape index (κ1) is 16.4. The zero-order valence-corrected chi connectivity index (χ0v) is 15.0. The van der Waals surface area contributed by atoms with Crippen molar-refractivity contribution in [1.29, 1.82) is 0 Å². The van der Waals surface area contributed by atoms with E-state index in [4.69, 9.17) is 4.98 Å². The van der Waals surface area contributed by atoms with E-state index in [1.807, 2.05) is 19.0 Å². The summed E-state index contributed by atoms with van der Waals surface area (Å²) >= 11 is 0. The van der Waals surface area contributed by atoms with Crippen molar-refractivity contribution in [2.45, 2.75) is 51.5 Å². The van der Waals surface area contributed by atoms with Gasteiger partial charge >= 0.3 is 0 Å². The maximum absolute atomic E-state index is 4.72. The van der Waals surface area contributed by atoms with Crippen molar-refractivity contribution >= 4 is 11.9 Å². The minimum Gasteiger partial charge on any atom is -0.347 e. The van der Waals surface area contributed by atoms with Gasteiger partial charge in [-0.15, -0.1) is 0 Å². The first-order valence-corrected chi connectivity index (χ1v) is 8.97. The van der Waals surface area contributed by atoms with E-state index < -0.39 is 0 Å². The summed E-state index contributed by atoms with van der Waals surface area (Å²) in [4.78, 5) is 20.9. The molecule has 128 valence electrons. The van der Waals surface area contributed by atoms with Crippen LogP contribution in [0, 0.1) is 0 Å².